The van der Waals surface area contributed by atoms with Crippen LogP contribution in [0.2, 0.25) is 0 Å². The van der Waals surface area contributed by atoms with Gasteiger partial charge >= 0.3 is 0 Å². The molecule has 0 aromatic heterocycles. The van der Waals surface area contributed by atoms with Crippen molar-refractivity contribution in [2.45, 2.75) is 43.4 Å². The van der Waals surface area contributed by atoms with Crippen LogP contribution in [0.15, 0.2) is 11.5 Å². The van der Waals surface area contributed by atoms with E-state index in [9.17, 15) is 8.42 Å². The van der Waals surface area contributed by atoms with Crippen molar-refractivity contribution in [1.82, 2.24) is 5.32 Å². The summed E-state index contributed by atoms with van der Waals surface area (Å²) in [7, 11) is -2.96. The summed E-state index contributed by atoms with van der Waals surface area (Å²) < 4.78 is 28.9. The lowest BCUT2D eigenvalue weighted by molar-refractivity contribution is -0.0935. The molecule has 3 aliphatic rings. The molecule has 3 heterocycles. The Hall–Kier alpha value is -0.0400. The first-order valence-corrected chi connectivity index (χ1v) is 9.83. The summed E-state index contributed by atoms with van der Waals surface area (Å²) in [5.74, 6) is 2.59. The molecule has 3 aliphatic heterocycles. The van der Waals surface area contributed by atoms with E-state index in [1.165, 1.54) is 16.9 Å². The van der Waals surface area contributed by atoms with Gasteiger partial charge in [-0.15, -0.1) is 0 Å². The second-order valence-corrected chi connectivity index (χ2v) is 8.92. The van der Waals surface area contributed by atoms with Gasteiger partial charge in [-0.2, -0.15) is 11.8 Å². The number of nitrogens with one attached hydrogen (secondary N) is 1. The van der Waals surface area contributed by atoms with Crippen molar-refractivity contribution in [3.05, 3.63) is 11.5 Å². The van der Waals surface area contributed by atoms with E-state index in [-0.39, 0.29) is 17.4 Å². The Morgan fingerprint density at radius 2 is 2.11 bits per heavy atom. The SMILES string of the molecule is O=S1(=O)C=CC(NC2CCOC3(CCSCC3)C2)C1. The highest BCUT2D eigenvalue weighted by molar-refractivity contribution is 7.99. The number of hydrogen-bond acceptors (Lipinski definition) is 5. The monoisotopic (exact) mass is 303 g/mol. The molecule has 0 radical (unpaired) electrons. The summed E-state index contributed by atoms with van der Waals surface area (Å²) in [5.41, 5.74) is 0.0579. The maximum Gasteiger partial charge on any atom is 0.173 e. The molecule has 2 saturated heterocycles. The Kier molecular flexibility index (Phi) is 3.95. The van der Waals surface area contributed by atoms with Gasteiger partial charge in [0, 0.05) is 24.1 Å². The first-order valence-electron chi connectivity index (χ1n) is 6.96. The minimum atomic E-state index is -2.96. The Balaban J connectivity index is 1.58. The molecular weight excluding hydrogens is 282 g/mol. The van der Waals surface area contributed by atoms with Crippen molar-refractivity contribution in [2.24, 2.45) is 0 Å². The van der Waals surface area contributed by atoms with Crippen molar-refractivity contribution >= 4 is 21.6 Å². The topological polar surface area (TPSA) is 55.4 Å². The highest BCUT2D eigenvalue weighted by Crippen LogP contribution is 2.37. The van der Waals surface area contributed by atoms with Crippen molar-refractivity contribution < 1.29 is 13.2 Å². The van der Waals surface area contributed by atoms with Gasteiger partial charge in [0.25, 0.3) is 0 Å². The number of hydrogen-bond donors (Lipinski definition) is 1. The van der Waals surface area contributed by atoms with Gasteiger partial charge in [0.2, 0.25) is 0 Å². The van der Waals surface area contributed by atoms with E-state index in [1.807, 2.05) is 11.8 Å². The van der Waals surface area contributed by atoms with Crippen LogP contribution in [0.4, 0.5) is 0 Å². The predicted octanol–water partition coefficient (Wildman–Crippen LogP) is 1.33. The third-order valence-corrected chi connectivity index (χ3v) is 6.66. The van der Waals surface area contributed by atoms with Crippen LogP contribution in [-0.4, -0.2) is 50.0 Å². The lowest BCUT2D eigenvalue weighted by atomic mass is 9.85. The molecule has 3 rings (SSSR count). The third-order valence-electron chi connectivity index (χ3n) is 4.28. The molecule has 108 valence electrons. The van der Waals surface area contributed by atoms with E-state index in [0.717, 1.165) is 32.3 Å². The second kappa shape index (κ2) is 5.39. The molecule has 1 spiro atoms. The molecule has 6 heteroatoms. The van der Waals surface area contributed by atoms with Crippen LogP contribution in [0.5, 0.6) is 0 Å². The molecule has 2 atom stereocenters. The number of ether oxygens (including phenoxy) is 1. The first kappa shape index (κ1) is 13.9. The zero-order valence-corrected chi connectivity index (χ0v) is 12.6. The molecule has 0 saturated carbocycles. The van der Waals surface area contributed by atoms with E-state index < -0.39 is 9.84 Å². The molecule has 0 aromatic carbocycles. The summed E-state index contributed by atoms with van der Waals surface area (Å²) in [6.45, 7) is 0.797. The van der Waals surface area contributed by atoms with Crippen LogP contribution in [0.1, 0.15) is 25.7 Å². The summed E-state index contributed by atoms with van der Waals surface area (Å²) >= 11 is 2.01. The zero-order chi connectivity index (χ0) is 13.3. The minimum absolute atomic E-state index is 0.0110. The fraction of sp³-hybridized carbons (Fsp3) is 0.846. The summed E-state index contributed by atoms with van der Waals surface area (Å²) in [6, 6.07) is 0.378. The van der Waals surface area contributed by atoms with E-state index in [2.05, 4.69) is 5.32 Å². The molecular formula is C13H21NO3S2. The number of rotatable bonds is 2. The highest BCUT2D eigenvalue weighted by Gasteiger charge is 2.39. The normalized spacial score (nSPS) is 36.6. The van der Waals surface area contributed by atoms with Crippen molar-refractivity contribution in [2.75, 3.05) is 23.9 Å². The first-order chi connectivity index (χ1) is 9.07. The molecule has 2 unspecified atom stereocenters. The Morgan fingerprint density at radius 3 is 2.79 bits per heavy atom. The Bertz CT molecular complexity index is 449. The Morgan fingerprint density at radius 1 is 1.32 bits per heavy atom. The minimum Gasteiger partial charge on any atom is -0.375 e. The van der Waals surface area contributed by atoms with Crippen molar-refractivity contribution in [3.8, 4) is 0 Å². The van der Waals surface area contributed by atoms with Crippen LogP contribution in [-0.2, 0) is 14.6 Å². The maximum absolute atomic E-state index is 11.4. The van der Waals surface area contributed by atoms with E-state index >= 15 is 0 Å². The van der Waals surface area contributed by atoms with Gasteiger partial charge in [-0.1, -0.05) is 6.08 Å². The molecule has 19 heavy (non-hydrogen) atoms. The van der Waals surface area contributed by atoms with Crippen molar-refractivity contribution in [3.63, 3.8) is 0 Å². The second-order valence-electron chi connectivity index (χ2n) is 5.76. The van der Waals surface area contributed by atoms with Gasteiger partial charge in [-0.3, -0.25) is 0 Å². The molecule has 1 N–H and O–H groups in total. The summed E-state index contributed by atoms with van der Waals surface area (Å²) in [5, 5.41) is 4.84. The smallest absolute Gasteiger partial charge is 0.173 e. The molecule has 0 amide bonds. The molecule has 0 bridgehead atoms. The van der Waals surface area contributed by atoms with Crippen LogP contribution in [0, 0.1) is 0 Å². The average molecular weight is 303 g/mol. The highest BCUT2D eigenvalue weighted by atomic mass is 32.2. The van der Waals surface area contributed by atoms with Gasteiger partial charge in [-0.05, 0) is 37.2 Å². The number of sulfone groups is 1. The average Bonchev–Trinajstić information content (AvgIpc) is 2.70. The predicted molar refractivity (Wildman–Crippen MR) is 78.1 cm³/mol. The summed E-state index contributed by atoms with van der Waals surface area (Å²) in [4.78, 5) is 0. The molecule has 0 aromatic rings. The Labute approximate surface area is 119 Å². The molecule has 4 nitrogen and oxygen atoms in total. The van der Waals surface area contributed by atoms with E-state index in [1.54, 1.807) is 6.08 Å². The molecule has 2 fully saturated rings. The molecule has 0 aliphatic carbocycles. The van der Waals surface area contributed by atoms with Crippen LogP contribution in [0.25, 0.3) is 0 Å². The zero-order valence-electron chi connectivity index (χ0n) is 11.0. The lowest BCUT2D eigenvalue weighted by Gasteiger charge is -2.44. The van der Waals surface area contributed by atoms with E-state index in [4.69, 9.17) is 4.74 Å². The third kappa shape index (κ3) is 3.35. The van der Waals surface area contributed by atoms with Gasteiger partial charge < -0.3 is 10.1 Å². The van der Waals surface area contributed by atoms with Crippen molar-refractivity contribution in [1.29, 1.82) is 0 Å². The van der Waals surface area contributed by atoms with Crippen LogP contribution < -0.4 is 5.32 Å². The number of thioether (sulfide) groups is 1. The lowest BCUT2D eigenvalue weighted by Crippen LogP contribution is -2.51. The van der Waals surface area contributed by atoms with Gasteiger partial charge in [-0.25, -0.2) is 8.42 Å². The summed E-state index contributed by atoms with van der Waals surface area (Å²) in [6.07, 6.45) is 6.06. The fourth-order valence-corrected chi connectivity index (χ4v) is 5.73. The van der Waals surface area contributed by atoms with Crippen LogP contribution >= 0.6 is 11.8 Å². The van der Waals surface area contributed by atoms with E-state index in [0.29, 0.717) is 6.04 Å². The van der Waals surface area contributed by atoms with Gasteiger partial charge in [0.05, 0.1) is 11.4 Å². The fourth-order valence-electron chi connectivity index (χ4n) is 3.24. The largest absolute Gasteiger partial charge is 0.375 e. The van der Waals surface area contributed by atoms with Gasteiger partial charge in [0.15, 0.2) is 9.84 Å². The maximum atomic E-state index is 11.4. The van der Waals surface area contributed by atoms with Crippen LogP contribution in [0.3, 0.4) is 0 Å². The van der Waals surface area contributed by atoms with Gasteiger partial charge in [0.1, 0.15) is 0 Å². The standard InChI is InChI=1S/C13H21NO3S2/c15-19(16)8-2-12(10-19)14-11-1-5-17-13(9-11)3-6-18-7-4-13/h2,8,11-12,14H,1,3-7,9-10H2. The quantitative estimate of drug-likeness (QED) is 0.834.